The molecule has 0 aliphatic rings. The Bertz CT molecular complexity index is 581. The van der Waals surface area contributed by atoms with Crippen molar-refractivity contribution in [1.82, 2.24) is 9.97 Å². The SMILES string of the molecule is COCc1cc(=O)[nH]c(-c2ccccc2Cl)n1. The van der Waals surface area contributed by atoms with Gasteiger partial charge in [0.1, 0.15) is 5.82 Å². The fourth-order valence-electron chi connectivity index (χ4n) is 1.51. The lowest BCUT2D eigenvalue weighted by Crippen LogP contribution is -2.11. The van der Waals surface area contributed by atoms with E-state index in [0.29, 0.717) is 28.7 Å². The van der Waals surface area contributed by atoms with Crippen molar-refractivity contribution in [3.63, 3.8) is 0 Å². The molecule has 0 saturated carbocycles. The van der Waals surface area contributed by atoms with Crippen molar-refractivity contribution in [3.8, 4) is 11.4 Å². The molecule has 0 atom stereocenters. The molecule has 0 saturated heterocycles. The van der Waals surface area contributed by atoms with E-state index in [1.54, 1.807) is 19.2 Å². The second-order valence-electron chi connectivity index (χ2n) is 3.50. The monoisotopic (exact) mass is 250 g/mol. The Kier molecular flexibility index (Phi) is 3.56. The average Bonchev–Trinajstić information content (AvgIpc) is 2.29. The van der Waals surface area contributed by atoms with E-state index >= 15 is 0 Å². The molecule has 0 fully saturated rings. The lowest BCUT2D eigenvalue weighted by molar-refractivity contribution is 0.181. The Morgan fingerprint density at radius 2 is 2.18 bits per heavy atom. The summed E-state index contributed by atoms with van der Waals surface area (Å²) < 4.78 is 4.96. The lowest BCUT2D eigenvalue weighted by Gasteiger charge is -2.05. The molecule has 2 aromatic rings. The van der Waals surface area contributed by atoms with E-state index in [1.807, 2.05) is 12.1 Å². The number of ether oxygens (including phenoxy) is 1. The maximum Gasteiger partial charge on any atom is 0.251 e. The molecule has 0 amide bonds. The van der Waals surface area contributed by atoms with Crippen LogP contribution >= 0.6 is 11.6 Å². The van der Waals surface area contributed by atoms with Gasteiger partial charge in [0.25, 0.3) is 5.56 Å². The summed E-state index contributed by atoms with van der Waals surface area (Å²) in [5.41, 5.74) is 1.05. The number of hydrogen-bond donors (Lipinski definition) is 1. The molecule has 2 rings (SSSR count). The molecule has 1 N–H and O–H groups in total. The van der Waals surface area contributed by atoms with Crippen LogP contribution in [0.25, 0.3) is 11.4 Å². The molecular weight excluding hydrogens is 240 g/mol. The molecule has 1 aromatic heterocycles. The highest BCUT2D eigenvalue weighted by Gasteiger charge is 2.07. The first-order valence-electron chi connectivity index (χ1n) is 5.05. The van der Waals surface area contributed by atoms with E-state index in [1.165, 1.54) is 6.07 Å². The van der Waals surface area contributed by atoms with Gasteiger partial charge in [-0.05, 0) is 12.1 Å². The molecule has 4 nitrogen and oxygen atoms in total. The maximum absolute atomic E-state index is 11.5. The minimum absolute atomic E-state index is 0.220. The van der Waals surface area contributed by atoms with Crippen LogP contribution in [0.3, 0.4) is 0 Å². The highest BCUT2D eigenvalue weighted by atomic mass is 35.5. The summed E-state index contributed by atoms with van der Waals surface area (Å²) >= 11 is 6.05. The second-order valence-corrected chi connectivity index (χ2v) is 3.91. The summed E-state index contributed by atoms with van der Waals surface area (Å²) in [6, 6.07) is 8.62. The maximum atomic E-state index is 11.5. The minimum Gasteiger partial charge on any atom is -0.378 e. The predicted octanol–water partition coefficient (Wildman–Crippen LogP) is 2.24. The van der Waals surface area contributed by atoms with Crippen LogP contribution in [-0.2, 0) is 11.3 Å². The molecule has 0 bridgehead atoms. The van der Waals surface area contributed by atoms with Gasteiger partial charge in [0.05, 0.1) is 17.3 Å². The van der Waals surface area contributed by atoms with Crippen LogP contribution in [0.4, 0.5) is 0 Å². The predicted molar refractivity (Wildman–Crippen MR) is 66.0 cm³/mol. The zero-order valence-electron chi connectivity index (χ0n) is 9.24. The zero-order chi connectivity index (χ0) is 12.3. The van der Waals surface area contributed by atoms with Crippen molar-refractivity contribution in [2.75, 3.05) is 7.11 Å². The van der Waals surface area contributed by atoms with Crippen molar-refractivity contribution in [1.29, 1.82) is 0 Å². The number of H-pyrrole nitrogens is 1. The third kappa shape index (κ3) is 2.72. The number of halogens is 1. The zero-order valence-corrected chi connectivity index (χ0v) is 9.99. The van der Waals surface area contributed by atoms with Crippen LogP contribution in [0.15, 0.2) is 35.1 Å². The fraction of sp³-hybridized carbons (Fsp3) is 0.167. The summed E-state index contributed by atoms with van der Waals surface area (Å²) in [6.45, 7) is 0.293. The third-order valence-corrected chi connectivity index (χ3v) is 2.55. The molecule has 0 unspecified atom stereocenters. The van der Waals surface area contributed by atoms with Gasteiger partial charge in [0, 0.05) is 18.7 Å². The molecule has 0 radical (unpaired) electrons. The Morgan fingerprint density at radius 1 is 1.41 bits per heavy atom. The summed E-state index contributed by atoms with van der Waals surface area (Å²) in [7, 11) is 1.55. The van der Waals surface area contributed by atoms with Crippen molar-refractivity contribution in [2.24, 2.45) is 0 Å². The summed E-state index contributed by atoms with van der Waals surface area (Å²) in [6.07, 6.45) is 0. The van der Waals surface area contributed by atoms with E-state index in [4.69, 9.17) is 16.3 Å². The number of benzene rings is 1. The third-order valence-electron chi connectivity index (χ3n) is 2.22. The van der Waals surface area contributed by atoms with Gasteiger partial charge >= 0.3 is 0 Å². The van der Waals surface area contributed by atoms with Gasteiger partial charge in [-0.1, -0.05) is 23.7 Å². The van der Waals surface area contributed by atoms with Crippen molar-refractivity contribution >= 4 is 11.6 Å². The molecule has 88 valence electrons. The molecule has 1 heterocycles. The van der Waals surface area contributed by atoms with Crippen LogP contribution in [0, 0.1) is 0 Å². The summed E-state index contributed by atoms with van der Waals surface area (Å²) in [5.74, 6) is 0.454. The van der Waals surface area contributed by atoms with Crippen LogP contribution in [0.5, 0.6) is 0 Å². The first-order chi connectivity index (χ1) is 8.20. The largest absolute Gasteiger partial charge is 0.378 e. The topological polar surface area (TPSA) is 55.0 Å². The average molecular weight is 251 g/mol. The molecule has 0 aliphatic heterocycles. The number of hydrogen-bond acceptors (Lipinski definition) is 3. The number of nitrogens with one attached hydrogen (secondary N) is 1. The van der Waals surface area contributed by atoms with E-state index in [9.17, 15) is 4.79 Å². The highest BCUT2D eigenvalue weighted by molar-refractivity contribution is 6.33. The van der Waals surface area contributed by atoms with Gasteiger partial charge in [-0.15, -0.1) is 0 Å². The van der Waals surface area contributed by atoms with Crippen LogP contribution in [0.2, 0.25) is 5.02 Å². The molecular formula is C12H11ClN2O2. The molecule has 5 heteroatoms. The Hall–Kier alpha value is -1.65. The molecule has 1 aromatic carbocycles. The van der Waals surface area contributed by atoms with Crippen LogP contribution < -0.4 is 5.56 Å². The normalized spacial score (nSPS) is 10.5. The smallest absolute Gasteiger partial charge is 0.251 e. The van der Waals surface area contributed by atoms with Gasteiger partial charge in [0.2, 0.25) is 0 Å². The van der Waals surface area contributed by atoms with Gasteiger partial charge in [-0.2, -0.15) is 0 Å². The summed E-state index contributed by atoms with van der Waals surface area (Å²) in [4.78, 5) is 18.4. The number of aromatic nitrogens is 2. The number of aromatic amines is 1. The standard InChI is InChI=1S/C12H11ClN2O2/c1-17-7-8-6-11(16)15-12(14-8)9-4-2-3-5-10(9)13/h2-6H,7H2,1H3,(H,14,15,16). The summed E-state index contributed by atoms with van der Waals surface area (Å²) in [5, 5.41) is 0.546. The van der Waals surface area contributed by atoms with E-state index < -0.39 is 0 Å². The van der Waals surface area contributed by atoms with Gasteiger partial charge in [-0.25, -0.2) is 4.98 Å². The van der Waals surface area contributed by atoms with E-state index in [-0.39, 0.29) is 5.56 Å². The lowest BCUT2D eigenvalue weighted by atomic mass is 10.2. The van der Waals surface area contributed by atoms with E-state index in [0.717, 1.165) is 0 Å². The molecule has 17 heavy (non-hydrogen) atoms. The van der Waals surface area contributed by atoms with Crippen LogP contribution in [-0.4, -0.2) is 17.1 Å². The van der Waals surface area contributed by atoms with Crippen LogP contribution in [0.1, 0.15) is 5.69 Å². The quantitative estimate of drug-likeness (QED) is 0.909. The first-order valence-corrected chi connectivity index (χ1v) is 5.42. The van der Waals surface area contributed by atoms with Crippen molar-refractivity contribution < 1.29 is 4.74 Å². The van der Waals surface area contributed by atoms with Gasteiger partial charge in [-0.3, -0.25) is 4.79 Å². The molecule has 0 aliphatic carbocycles. The van der Waals surface area contributed by atoms with Gasteiger partial charge in [0.15, 0.2) is 0 Å². The number of methoxy groups -OCH3 is 1. The fourth-order valence-corrected chi connectivity index (χ4v) is 1.74. The highest BCUT2D eigenvalue weighted by Crippen LogP contribution is 2.23. The Labute approximate surface area is 103 Å². The minimum atomic E-state index is -0.220. The number of nitrogens with zero attached hydrogens (tertiary/aromatic N) is 1. The van der Waals surface area contributed by atoms with Crippen molar-refractivity contribution in [2.45, 2.75) is 6.61 Å². The van der Waals surface area contributed by atoms with Gasteiger partial charge < -0.3 is 9.72 Å². The van der Waals surface area contributed by atoms with Crippen molar-refractivity contribution in [3.05, 3.63) is 51.4 Å². The van der Waals surface area contributed by atoms with E-state index in [2.05, 4.69) is 9.97 Å². The Morgan fingerprint density at radius 3 is 2.88 bits per heavy atom. The Balaban J connectivity index is 2.52. The number of rotatable bonds is 3. The second kappa shape index (κ2) is 5.12. The first kappa shape index (κ1) is 11.8. The molecule has 0 spiro atoms.